The second-order valence-electron chi connectivity index (χ2n) is 4.06. The molecule has 0 amide bonds. The summed E-state index contributed by atoms with van der Waals surface area (Å²) in [7, 11) is -3.87. The van der Waals surface area contributed by atoms with Crippen molar-refractivity contribution in [2.45, 2.75) is 25.5 Å². The smallest absolute Gasteiger partial charge is 0.282 e. The predicted molar refractivity (Wildman–Crippen MR) is 69.0 cm³/mol. The van der Waals surface area contributed by atoms with E-state index in [4.69, 9.17) is 0 Å². The van der Waals surface area contributed by atoms with E-state index in [1.165, 1.54) is 0 Å². The van der Waals surface area contributed by atoms with Crippen molar-refractivity contribution in [3.8, 4) is 0 Å². The Morgan fingerprint density at radius 2 is 2.11 bits per heavy atom. The van der Waals surface area contributed by atoms with Crippen LogP contribution in [0, 0.1) is 13.8 Å². The second kappa shape index (κ2) is 4.98. The zero-order valence-electron chi connectivity index (χ0n) is 10.5. The molecule has 2 aromatic heterocycles. The number of H-pyrrole nitrogens is 1. The van der Waals surface area contributed by atoms with E-state index in [1.54, 1.807) is 32.0 Å². The molecule has 19 heavy (non-hydrogen) atoms. The molecular weight excluding hydrogens is 268 g/mol. The molecule has 0 bridgehead atoms. The first-order valence-electron chi connectivity index (χ1n) is 5.55. The van der Waals surface area contributed by atoms with Crippen LogP contribution in [-0.4, -0.2) is 28.7 Å². The highest BCUT2D eigenvalue weighted by molar-refractivity contribution is 7.92. The van der Waals surface area contributed by atoms with Crippen molar-refractivity contribution in [1.82, 2.24) is 15.2 Å². The molecule has 0 unspecified atom stereocenters. The van der Waals surface area contributed by atoms with Crippen LogP contribution in [0.2, 0.25) is 0 Å². The summed E-state index contributed by atoms with van der Waals surface area (Å²) in [6, 6.07) is 5.00. The van der Waals surface area contributed by atoms with E-state index in [9.17, 15) is 13.5 Å². The summed E-state index contributed by atoms with van der Waals surface area (Å²) in [4.78, 5) is 4.06. The lowest BCUT2D eigenvalue weighted by atomic mass is 10.3. The number of nitrogens with one attached hydrogen (secondary N) is 2. The number of nitrogens with zero attached hydrogens (tertiary/aromatic N) is 2. The predicted octanol–water partition coefficient (Wildman–Crippen LogP) is 0.715. The summed E-state index contributed by atoms with van der Waals surface area (Å²) < 4.78 is 26.7. The van der Waals surface area contributed by atoms with Gasteiger partial charge in [-0.2, -0.15) is 13.5 Å². The Bertz CT molecular complexity index is 694. The molecule has 2 heterocycles. The van der Waals surface area contributed by atoms with Crippen LogP contribution < -0.4 is 4.72 Å². The van der Waals surface area contributed by atoms with Crippen LogP contribution in [0.3, 0.4) is 0 Å². The Balaban J connectivity index is 2.38. The molecule has 0 saturated heterocycles. The van der Waals surface area contributed by atoms with Gasteiger partial charge in [-0.15, -0.1) is 0 Å². The van der Waals surface area contributed by atoms with Crippen molar-refractivity contribution >= 4 is 15.8 Å². The SMILES string of the molecule is Cc1cccc(NS(=O)(=O)c2n[nH]c(C)c2CO)n1. The molecule has 3 N–H and O–H groups in total. The Hall–Kier alpha value is -1.93. The van der Waals surface area contributed by atoms with E-state index < -0.39 is 16.6 Å². The fraction of sp³-hybridized carbons (Fsp3) is 0.273. The summed E-state index contributed by atoms with van der Waals surface area (Å²) in [5, 5.41) is 15.2. The van der Waals surface area contributed by atoms with Crippen LogP contribution in [0.4, 0.5) is 5.82 Å². The summed E-state index contributed by atoms with van der Waals surface area (Å²) in [5.74, 6) is 0.213. The van der Waals surface area contributed by atoms with Crippen LogP contribution in [0.25, 0.3) is 0 Å². The molecule has 0 aromatic carbocycles. The minimum absolute atomic E-state index is 0.212. The minimum Gasteiger partial charge on any atom is -0.392 e. The number of sulfonamides is 1. The van der Waals surface area contributed by atoms with Gasteiger partial charge in [-0.25, -0.2) is 4.98 Å². The van der Waals surface area contributed by atoms with Gasteiger partial charge in [-0.1, -0.05) is 6.07 Å². The highest BCUT2D eigenvalue weighted by Gasteiger charge is 2.23. The number of pyridine rings is 1. The lowest BCUT2D eigenvalue weighted by Gasteiger charge is -2.06. The molecule has 0 spiro atoms. The molecule has 102 valence electrons. The first-order valence-corrected chi connectivity index (χ1v) is 7.03. The van der Waals surface area contributed by atoms with Crippen molar-refractivity contribution in [3.63, 3.8) is 0 Å². The quantitative estimate of drug-likeness (QED) is 0.765. The third kappa shape index (κ3) is 2.74. The van der Waals surface area contributed by atoms with E-state index in [1.807, 2.05) is 0 Å². The standard InChI is InChI=1S/C11H14N4O3S/c1-7-4-3-5-10(12-7)15-19(17,18)11-9(6-16)8(2)13-14-11/h3-5,16H,6H2,1-2H3,(H,12,15)(H,13,14). The Labute approximate surface area is 110 Å². The molecule has 0 radical (unpaired) electrons. The Morgan fingerprint density at radius 3 is 2.74 bits per heavy atom. The van der Waals surface area contributed by atoms with E-state index in [-0.39, 0.29) is 16.4 Å². The van der Waals surface area contributed by atoms with Gasteiger partial charge in [-0.05, 0) is 26.0 Å². The molecule has 0 atom stereocenters. The number of aliphatic hydroxyl groups excluding tert-OH is 1. The highest BCUT2D eigenvalue weighted by Crippen LogP contribution is 2.19. The summed E-state index contributed by atoms with van der Waals surface area (Å²) in [5.41, 5.74) is 1.46. The first-order chi connectivity index (χ1) is 8.94. The molecule has 0 aliphatic heterocycles. The maximum Gasteiger partial charge on any atom is 0.282 e. The number of aryl methyl sites for hydroxylation is 2. The maximum atomic E-state index is 12.2. The van der Waals surface area contributed by atoms with Gasteiger partial charge in [0.25, 0.3) is 10.0 Å². The van der Waals surface area contributed by atoms with Gasteiger partial charge in [0.15, 0.2) is 0 Å². The summed E-state index contributed by atoms with van der Waals surface area (Å²) >= 11 is 0. The average molecular weight is 282 g/mol. The van der Waals surface area contributed by atoms with Gasteiger partial charge in [0.05, 0.1) is 6.61 Å². The number of rotatable bonds is 4. The number of anilines is 1. The Morgan fingerprint density at radius 1 is 1.37 bits per heavy atom. The van der Waals surface area contributed by atoms with Crippen LogP contribution in [0.1, 0.15) is 17.0 Å². The molecule has 0 aliphatic carbocycles. The van der Waals surface area contributed by atoms with E-state index >= 15 is 0 Å². The largest absolute Gasteiger partial charge is 0.392 e. The number of aromatic nitrogens is 3. The molecule has 0 saturated carbocycles. The highest BCUT2D eigenvalue weighted by atomic mass is 32.2. The van der Waals surface area contributed by atoms with Gasteiger partial charge < -0.3 is 5.11 Å². The molecule has 8 heteroatoms. The topological polar surface area (TPSA) is 108 Å². The van der Waals surface area contributed by atoms with E-state index in [2.05, 4.69) is 19.9 Å². The molecule has 0 aliphatic rings. The van der Waals surface area contributed by atoms with Crippen molar-refractivity contribution in [2.75, 3.05) is 4.72 Å². The Kier molecular flexibility index (Phi) is 3.54. The van der Waals surface area contributed by atoms with Gasteiger partial charge in [0, 0.05) is 17.0 Å². The number of hydrogen-bond donors (Lipinski definition) is 3. The maximum absolute atomic E-state index is 12.2. The van der Waals surface area contributed by atoms with Gasteiger partial charge in [0.1, 0.15) is 5.82 Å². The van der Waals surface area contributed by atoms with Crippen LogP contribution in [0.15, 0.2) is 23.2 Å². The van der Waals surface area contributed by atoms with Crippen molar-refractivity contribution < 1.29 is 13.5 Å². The normalized spacial score (nSPS) is 11.5. The van der Waals surface area contributed by atoms with E-state index in [0.717, 1.165) is 0 Å². The van der Waals surface area contributed by atoms with Crippen molar-refractivity contribution in [2.24, 2.45) is 0 Å². The number of hydrogen-bond acceptors (Lipinski definition) is 5. The third-order valence-corrected chi connectivity index (χ3v) is 3.90. The molecule has 7 nitrogen and oxygen atoms in total. The second-order valence-corrected chi connectivity index (χ2v) is 5.66. The molecular formula is C11H14N4O3S. The monoisotopic (exact) mass is 282 g/mol. The number of aliphatic hydroxyl groups is 1. The zero-order valence-corrected chi connectivity index (χ0v) is 11.3. The minimum atomic E-state index is -3.87. The van der Waals surface area contributed by atoms with Crippen LogP contribution in [0.5, 0.6) is 0 Å². The van der Waals surface area contributed by atoms with Crippen molar-refractivity contribution in [1.29, 1.82) is 0 Å². The van der Waals surface area contributed by atoms with Crippen LogP contribution in [-0.2, 0) is 16.6 Å². The summed E-state index contributed by atoms with van der Waals surface area (Å²) in [6.07, 6.45) is 0. The fourth-order valence-corrected chi connectivity index (χ4v) is 2.82. The van der Waals surface area contributed by atoms with E-state index in [0.29, 0.717) is 11.4 Å². The molecule has 2 aromatic rings. The van der Waals surface area contributed by atoms with Gasteiger partial charge >= 0.3 is 0 Å². The first kappa shape index (κ1) is 13.5. The summed E-state index contributed by atoms with van der Waals surface area (Å²) in [6.45, 7) is 3.00. The molecule has 0 fully saturated rings. The lowest BCUT2D eigenvalue weighted by Crippen LogP contribution is -2.16. The molecule has 2 rings (SSSR count). The number of aromatic amines is 1. The van der Waals surface area contributed by atoms with Crippen molar-refractivity contribution in [3.05, 3.63) is 35.2 Å². The average Bonchev–Trinajstić information content (AvgIpc) is 2.70. The zero-order chi connectivity index (χ0) is 14.0. The van der Waals surface area contributed by atoms with Crippen LogP contribution >= 0.6 is 0 Å². The third-order valence-electron chi connectivity index (χ3n) is 2.58. The van der Waals surface area contributed by atoms with Gasteiger partial charge in [0.2, 0.25) is 5.03 Å². The lowest BCUT2D eigenvalue weighted by molar-refractivity contribution is 0.277. The van der Waals surface area contributed by atoms with Gasteiger partial charge in [-0.3, -0.25) is 9.82 Å². The fourth-order valence-electron chi connectivity index (χ4n) is 1.62.